The second kappa shape index (κ2) is 12.8. The van der Waals surface area contributed by atoms with Gasteiger partial charge in [-0.25, -0.2) is 9.18 Å². The summed E-state index contributed by atoms with van der Waals surface area (Å²) >= 11 is 0. The number of likely N-dealkylation sites (tertiary alicyclic amines) is 1. The van der Waals surface area contributed by atoms with Crippen molar-refractivity contribution >= 4 is 17.7 Å². The molecule has 1 unspecified atom stereocenters. The average Bonchev–Trinajstić information content (AvgIpc) is 3.74. The summed E-state index contributed by atoms with van der Waals surface area (Å²) in [4.78, 5) is 32.1. The third kappa shape index (κ3) is 6.92. The molecule has 3 aromatic rings. The van der Waals surface area contributed by atoms with Crippen molar-refractivity contribution in [2.45, 2.75) is 63.3 Å². The Hall–Kier alpha value is -3.82. The van der Waals surface area contributed by atoms with Gasteiger partial charge in [-0.15, -0.1) is 0 Å². The molecule has 8 nitrogen and oxygen atoms in total. The van der Waals surface area contributed by atoms with E-state index in [0.29, 0.717) is 24.5 Å². The highest BCUT2D eigenvalue weighted by atomic mass is 19.1. The number of rotatable bonds is 11. The SMILES string of the molecule is CCO[C@@H]1C[C@H](C(=O)Nc2cc(C(N)(CCC3CC3)c3ccncc3)ccc2F)N(C(=O)OCc2ccccc2)C1. The molecule has 216 valence electrons. The van der Waals surface area contributed by atoms with Crippen molar-refractivity contribution in [3.63, 3.8) is 0 Å². The van der Waals surface area contributed by atoms with E-state index in [2.05, 4.69) is 10.3 Å². The van der Waals surface area contributed by atoms with E-state index in [4.69, 9.17) is 15.2 Å². The minimum atomic E-state index is -0.879. The van der Waals surface area contributed by atoms with Crippen molar-refractivity contribution < 1.29 is 23.5 Å². The first-order valence-electron chi connectivity index (χ1n) is 14.3. The van der Waals surface area contributed by atoms with E-state index in [9.17, 15) is 9.59 Å². The number of nitrogens with zero attached hydrogens (tertiary/aromatic N) is 2. The lowest BCUT2D eigenvalue weighted by atomic mass is 9.79. The molecule has 0 radical (unpaired) electrons. The molecule has 2 amide bonds. The molecule has 2 aromatic carbocycles. The Kier molecular flexibility index (Phi) is 8.95. The fourth-order valence-corrected chi connectivity index (χ4v) is 5.46. The maximum absolute atomic E-state index is 15.1. The number of nitrogens with one attached hydrogen (secondary N) is 1. The van der Waals surface area contributed by atoms with Gasteiger partial charge in [0.05, 0.1) is 23.9 Å². The second-order valence-electron chi connectivity index (χ2n) is 10.9. The number of carbonyl (C=O) groups excluding carboxylic acids is 2. The molecule has 1 aliphatic heterocycles. The summed E-state index contributed by atoms with van der Waals surface area (Å²) in [6.45, 7) is 2.58. The van der Waals surface area contributed by atoms with Crippen molar-refractivity contribution in [3.8, 4) is 0 Å². The fourth-order valence-electron chi connectivity index (χ4n) is 5.46. The van der Waals surface area contributed by atoms with E-state index in [1.165, 1.54) is 23.8 Å². The molecule has 1 saturated carbocycles. The van der Waals surface area contributed by atoms with Crippen LogP contribution in [0.1, 0.15) is 55.7 Å². The van der Waals surface area contributed by atoms with Crippen LogP contribution < -0.4 is 11.1 Å². The highest BCUT2D eigenvalue weighted by Crippen LogP contribution is 2.40. The number of amides is 2. The van der Waals surface area contributed by atoms with Crippen LogP contribution in [0, 0.1) is 11.7 Å². The van der Waals surface area contributed by atoms with Crippen molar-refractivity contribution in [3.05, 3.63) is 95.6 Å². The minimum absolute atomic E-state index is 0.0141. The van der Waals surface area contributed by atoms with Gasteiger partial charge >= 0.3 is 6.09 Å². The van der Waals surface area contributed by atoms with Crippen molar-refractivity contribution in [1.29, 1.82) is 0 Å². The predicted octanol–water partition coefficient (Wildman–Crippen LogP) is 5.37. The number of hydrogen-bond acceptors (Lipinski definition) is 6. The Labute approximate surface area is 240 Å². The lowest BCUT2D eigenvalue weighted by Gasteiger charge is -2.31. The number of benzene rings is 2. The number of hydrogen-bond donors (Lipinski definition) is 2. The van der Waals surface area contributed by atoms with Crippen molar-refractivity contribution in [2.24, 2.45) is 11.7 Å². The van der Waals surface area contributed by atoms with Crippen LogP contribution >= 0.6 is 0 Å². The molecule has 2 heterocycles. The monoisotopic (exact) mass is 560 g/mol. The lowest BCUT2D eigenvalue weighted by Crippen LogP contribution is -2.43. The standard InChI is InChI=1S/C32H37FN4O4/c1-2-40-26-19-29(37(20-26)31(39)41-21-23-6-4-3-5-7-23)30(38)36-28-18-25(10-11-27(28)33)32(34,15-12-22-8-9-22)24-13-16-35-17-14-24/h3-7,10-11,13-14,16-18,22,26,29H,2,8-9,12,15,19-21,34H2,1H3,(H,36,38)/t26-,29-,32?/m1/s1. The first-order valence-corrected chi connectivity index (χ1v) is 14.3. The van der Waals surface area contributed by atoms with Crippen LogP contribution in [0.3, 0.4) is 0 Å². The molecule has 2 fully saturated rings. The number of halogens is 1. The third-order valence-corrected chi connectivity index (χ3v) is 7.99. The molecule has 1 aliphatic carbocycles. The zero-order valence-electron chi connectivity index (χ0n) is 23.3. The smallest absolute Gasteiger partial charge is 0.410 e. The molecule has 1 aromatic heterocycles. The van der Waals surface area contributed by atoms with E-state index in [-0.39, 0.29) is 31.4 Å². The number of carbonyl (C=O) groups is 2. The van der Waals surface area contributed by atoms with Gasteiger partial charge in [-0.2, -0.15) is 0 Å². The molecule has 41 heavy (non-hydrogen) atoms. The van der Waals surface area contributed by atoms with Gasteiger partial charge in [-0.1, -0.05) is 49.2 Å². The number of nitrogens with two attached hydrogens (primary N) is 1. The normalized spacial score (nSPS) is 19.9. The summed E-state index contributed by atoms with van der Waals surface area (Å²) in [6, 6.07) is 16.8. The van der Waals surface area contributed by atoms with Gasteiger partial charge in [0.15, 0.2) is 0 Å². The molecule has 2 aliphatic rings. The van der Waals surface area contributed by atoms with Crippen LogP contribution in [0.2, 0.25) is 0 Å². The highest BCUT2D eigenvalue weighted by Gasteiger charge is 2.41. The molecule has 3 atom stereocenters. The Morgan fingerprint density at radius 3 is 2.56 bits per heavy atom. The van der Waals surface area contributed by atoms with Crippen molar-refractivity contribution in [1.82, 2.24) is 9.88 Å². The van der Waals surface area contributed by atoms with Crippen LogP contribution in [-0.4, -0.2) is 47.2 Å². The van der Waals surface area contributed by atoms with E-state index >= 15 is 4.39 Å². The van der Waals surface area contributed by atoms with Gasteiger partial charge < -0.3 is 20.5 Å². The summed E-state index contributed by atoms with van der Waals surface area (Å²) in [5, 5.41) is 2.73. The molecule has 3 N–H and O–H groups in total. The number of ether oxygens (including phenoxy) is 2. The van der Waals surface area contributed by atoms with Gasteiger partial charge in [-0.3, -0.25) is 14.7 Å². The molecule has 5 rings (SSSR count). The zero-order chi connectivity index (χ0) is 28.8. The maximum Gasteiger partial charge on any atom is 0.410 e. The van der Waals surface area contributed by atoms with E-state index in [1.54, 1.807) is 24.5 Å². The number of aromatic nitrogens is 1. The van der Waals surface area contributed by atoms with E-state index in [0.717, 1.165) is 17.5 Å². The summed E-state index contributed by atoms with van der Waals surface area (Å²) in [7, 11) is 0. The Balaban J connectivity index is 1.35. The zero-order valence-corrected chi connectivity index (χ0v) is 23.3. The van der Waals surface area contributed by atoms with Gasteiger partial charge in [0, 0.05) is 25.4 Å². The second-order valence-corrected chi connectivity index (χ2v) is 10.9. The van der Waals surface area contributed by atoms with Crippen LogP contribution in [0.4, 0.5) is 14.9 Å². The maximum atomic E-state index is 15.1. The summed E-state index contributed by atoms with van der Waals surface area (Å²) < 4.78 is 26.3. The van der Waals surface area contributed by atoms with Crippen LogP contribution in [0.15, 0.2) is 73.1 Å². The Morgan fingerprint density at radius 1 is 1.10 bits per heavy atom. The summed E-state index contributed by atoms with van der Waals surface area (Å²) in [6.07, 6.45) is 6.75. The lowest BCUT2D eigenvalue weighted by molar-refractivity contribution is -0.120. The largest absolute Gasteiger partial charge is 0.445 e. The van der Waals surface area contributed by atoms with Crippen molar-refractivity contribution in [2.75, 3.05) is 18.5 Å². The quantitative estimate of drug-likeness (QED) is 0.327. The number of pyridine rings is 1. The molecular formula is C32H37FN4O4. The fraction of sp³-hybridized carbons (Fsp3) is 0.406. The summed E-state index contributed by atoms with van der Waals surface area (Å²) in [5.74, 6) is -0.434. The van der Waals surface area contributed by atoms with Crippen LogP contribution in [0.5, 0.6) is 0 Å². The predicted molar refractivity (Wildman–Crippen MR) is 153 cm³/mol. The van der Waals surface area contributed by atoms with Crippen LogP contribution in [-0.2, 0) is 26.4 Å². The van der Waals surface area contributed by atoms with Gasteiger partial charge in [0.1, 0.15) is 18.5 Å². The van der Waals surface area contributed by atoms with E-state index < -0.39 is 29.4 Å². The average molecular weight is 561 g/mol. The topological polar surface area (TPSA) is 107 Å². The van der Waals surface area contributed by atoms with Gasteiger partial charge in [-0.05, 0) is 66.6 Å². The van der Waals surface area contributed by atoms with Gasteiger partial charge in [0.25, 0.3) is 0 Å². The Morgan fingerprint density at radius 2 is 1.85 bits per heavy atom. The molecule has 1 saturated heterocycles. The molecule has 0 bridgehead atoms. The van der Waals surface area contributed by atoms with Crippen LogP contribution in [0.25, 0.3) is 0 Å². The molecule has 9 heteroatoms. The van der Waals surface area contributed by atoms with E-state index in [1.807, 2.05) is 49.4 Å². The minimum Gasteiger partial charge on any atom is -0.445 e. The first-order chi connectivity index (χ1) is 19.9. The summed E-state index contributed by atoms with van der Waals surface area (Å²) in [5.41, 5.74) is 8.58. The first kappa shape index (κ1) is 28.7. The highest BCUT2D eigenvalue weighted by molar-refractivity contribution is 5.97. The third-order valence-electron chi connectivity index (χ3n) is 7.99. The Bertz CT molecular complexity index is 1340. The number of anilines is 1. The van der Waals surface area contributed by atoms with Gasteiger partial charge in [0.2, 0.25) is 5.91 Å². The molecular weight excluding hydrogens is 523 g/mol. The molecule has 0 spiro atoms.